The molecule has 0 unspecified atom stereocenters. The Bertz CT molecular complexity index is 1460. The fourth-order valence-electron chi connectivity index (χ4n) is 3.86. The molecule has 0 spiro atoms. The zero-order valence-electron chi connectivity index (χ0n) is 19.5. The zero-order chi connectivity index (χ0) is 25.4. The highest BCUT2D eigenvalue weighted by atomic mass is 79.9. The third-order valence-corrected chi connectivity index (χ3v) is 6.53. The number of aryl methyl sites for hydroxylation is 1. The van der Waals surface area contributed by atoms with Crippen molar-refractivity contribution in [3.63, 3.8) is 0 Å². The SMILES string of the molecule is CNC(=O)c1cc(Cl)cc(C)c1NC(=O)c1cc(Cn2nnc(-c3ccc(Br)cc3)n2)nn1C1CC1. The minimum Gasteiger partial charge on any atom is -0.355 e. The van der Waals surface area contributed by atoms with Gasteiger partial charge in [0.1, 0.15) is 12.2 Å². The van der Waals surface area contributed by atoms with Gasteiger partial charge >= 0.3 is 0 Å². The molecule has 2 heterocycles. The van der Waals surface area contributed by atoms with Crippen molar-refractivity contribution in [3.8, 4) is 11.4 Å². The standard InChI is InChI=1S/C24H22BrClN8O2/c1-13-9-16(26)10-19(23(35)27-2)21(13)28-24(36)20-11-17(30-34(20)18-7-8-18)12-33-31-22(29-32-33)14-3-5-15(25)6-4-14/h3-6,9-11,18H,7-8,12H2,1-2H3,(H,27,35)(H,28,36). The van der Waals surface area contributed by atoms with Crippen LogP contribution in [0.15, 0.2) is 46.9 Å². The Kier molecular flexibility index (Phi) is 6.59. The van der Waals surface area contributed by atoms with Gasteiger partial charge in [-0.2, -0.15) is 9.90 Å². The number of carbonyl (C=O) groups excluding carboxylic acids is 2. The summed E-state index contributed by atoms with van der Waals surface area (Å²) in [6, 6.07) is 12.8. The molecule has 12 heteroatoms. The fourth-order valence-corrected chi connectivity index (χ4v) is 4.40. The second-order valence-electron chi connectivity index (χ2n) is 8.53. The summed E-state index contributed by atoms with van der Waals surface area (Å²) in [4.78, 5) is 27.2. The molecule has 0 atom stereocenters. The number of nitrogens with one attached hydrogen (secondary N) is 2. The third kappa shape index (κ3) is 5.02. The van der Waals surface area contributed by atoms with Gasteiger partial charge in [-0.3, -0.25) is 14.3 Å². The minimum absolute atomic E-state index is 0.159. The fraction of sp³-hybridized carbons (Fsp3) is 0.250. The second-order valence-corrected chi connectivity index (χ2v) is 9.88. The largest absolute Gasteiger partial charge is 0.355 e. The van der Waals surface area contributed by atoms with Gasteiger partial charge in [-0.1, -0.05) is 27.5 Å². The van der Waals surface area contributed by atoms with E-state index in [0.29, 0.717) is 39.0 Å². The van der Waals surface area contributed by atoms with E-state index in [-0.39, 0.29) is 24.4 Å². The van der Waals surface area contributed by atoms with Crippen LogP contribution in [0.5, 0.6) is 0 Å². The summed E-state index contributed by atoms with van der Waals surface area (Å²) in [6.45, 7) is 2.05. The lowest BCUT2D eigenvalue weighted by atomic mass is 10.1. The average molecular weight is 570 g/mol. The van der Waals surface area contributed by atoms with Crippen LogP contribution in [0.2, 0.25) is 5.02 Å². The monoisotopic (exact) mass is 568 g/mol. The molecule has 0 aliphatic heterocycles. The van der Waals surface area contributed by atoms with E-state index >= 15 is 0 Å². The Balaban J connectivity index is 1.40. The molecule has 2 N–H and O–H groups in total. The number of carbonyl (C=O) groups is 2. The molecule has 5 rings (SSSR count). The first-order chi connectivity index (χ1) is 17.3. The number of tetrazole rings is 1. The van der Waals surface area contributed by atoms with Crippen molar-refractivity contribution in [1.29, 1.82) is 0 Å². The van der Waals surface area contributed by atoms with Crippen LogP contribution >= 0.6 is 27.5 Å². The Morgan fingerprint density at radius 1 is 1.11 bits per heavy atom. The number of hydrogen-bond donors (Lipinski definition) is 2. The number of amides is 2. The summed E-state index contributed by atoms with van der Waals surface area (Å²) < 4.78 is 2.70. The number of rotatable bonds is 7. The van der Waals surface area contributed by atoms with Crippen LogP contribution in [0.1, 0.15) is 51.0 Å². The maximum atomic E-state index is 13.4. The molecular weight excluding hydrogens is 548 g/mol. The van der Waals surface area contributed by atoms with Crippen LogP contribution in [0.3, 0.4) is 0 Å². The van der Waals surface area contributed by atoms with Gasteiger partial charge in [-0.05, 0) is 73.0 Å². The number of halogens is 2. The normalized spacial score (nSPS) is 13.0. The lowest BCUT2D eigenvalue weighted by Crippen LogP contribution is -2.23. The summed E-state index contributed by atoms with van der Waals surface area (Å²) in [5, 5.41) is 23.3. The molecule has 4 aromatic rings. The predicted octanol–water partition coefficient (Wildman–Crippen LogP) is 4.26. The smallest absolute Gasteiger partial charge is 0.273 e. The number of benzene rings is 2. The number of anilines is 1. The molecule has 1 aliphatic carbocycles. The lowest BCUT2D eigenvalue weighted by Gasteiger charge is -2.14. The van der Waals surface area contributed by atoms with E-state index in [9.17, 15) is 9.59 Å². The summed E-state index contributed by atoms with van der Waals surface area (Å²) >= 11 is 9.57. The molecule has 2 aromatic heterocycles. The van der Waals surface area contributed by atoms with Crippen LogP contribution in [-0.4, -0.2) is 48.8 Å². The van der Waals surface area contributed by atoms with Gasteiger partial charge in [0, 0.05) is 22.1 Å². The van der Waals surface area contributed by atoms with Crippen LogP contribution in [0, 0.1) is 6.92 Å². The van der Waals surface area contributed by atoms with E-state index in [0.717, 1.165) is 22.9 Å². The van der Waals surface area contributed by atoms with Gasteiger partial charge < -0.3 is 10.6 Å². The van der Waals surface area contributed by atoms with E-state index in [1.807, 2.05) is 24.3 Å². The zero-order valence-corrected chi connectivity index (χ0v) is 21.8. The summed E-state index contributed by atoms with van der Waals surface area (Å²) in [7, 11) is 1.53. The van der Waals surface area contributed by atoms with E-state index < -0.39 is 0 Å². The number of aromatic nitrogens is 6. The molecule has 2 amide bonds. The molecule has 184 valence electrons. The topological polar surface area (TPSA) is 120 Å². The second kappa shape index (κ2) is 9.82. The van der Waals surface area contributed by atoms with Crippen LogP contribution in [0.25, 0.3) is 11.4 Å². The Labute approximate surface area is 220 Å². The highest BCUT2D eigenvalue weighted by Gasteiger charge is 2.30. The minimum atomic E-state index is -0.363. The third-order valence-electron chi connectivity index (χ3n) is 5.78. The molecule has 0 bridgehead atoms. The molecule has 1 aliphatic rings. The Morgan fingerprint density at radius 2 is 1.86 bits per heavy atom. The molecule has 0 saturated heterocycles. The Hall–Kier alpha value is -3.57. The van der Waals surface area contributed by atoms with Crippen LogP contribution in [0.4, 0.5) is 5.69 Å². The molecule has 0 radical (unpaired) electrons. The summed E-state index contributed by atoms with van der Waals surface area (Å²) in [5.74, 6) is -0.202. The first-order valence-electron chi connectivity index (χ1n) is 11.3. The highest BCUT2D eigenvalue weighted by Crippen LogP contribution is 2.36. The van der Waals surface area contributed by atoms with Gasteiger partial charge in [-0.15, -0.1) is 10.2 Å². The van der Waals surface area contributed by atoms with Crippen molar-refractivity contribution in [2.75, 3.05) is 12.4 Å². The number of hydrogen-bond acceptors (Lipinski definition) is 6. The van der Waals surface area contributed by atoms with Gasteiger partial charge in [0.25, 0.3) is 11.8 Å². The van der Waals surface area contributed by atoms with Gasteiger partial charge in [0.15, 0.2) is 0 Å². The van der Waals surface area contributed by atoms with Crippen molar-refractivity contribution < 1.29 is 9.59 Å². The maximum Gasteiger partial charge on any atom is 0.273 e. The van der Waals surface area contributed by atoms with Crippen molar-refractivity contribution >= 4 is 45.0 Å². The van der Waals surface area contributed by atoms with Gasteiger partial charge in [0.2, 0.25) is 5.82 Å². The van der Waals surface area contributed by atoms with Crippen molar-refractivity contribution in [2.24, 2.45) is 0 Å². The van der Waals surface area contributed by atoms with Crippen molar-refractivity contribution in [2.45, 2.75) is 32.4 Å². The molecule has 36 heavy (non-hydrogen) atoms. The van der Waals surface area contributed by atoms with E-state index in [2.05, 4.69) is 47.1 Å². The predicted molar refractivity (Wildman–Crippen MR) is 138 cm³/mol. The summed E-state index contributed by atoms with van der Waals surface area (Å²) in [6.07, 6.45) is 1.89. The van der Waals surface area contributed by atoms with Crippen LogP contribution < -0.4 is 10.6 Å². The first kappa shape index (κ1) is 24.1. The molecule has 10 nitrogen and oxygen atoms in total. The average Bonchev–Trinajstić information content (AvgIpc) is 3.46. The molecule has 1 fully saturated rings. The number of nitrogens with zero attached hydrogens (tertiary/aromatic N) is 6. The molecule has 1 saturated carbocycles. The van der Waals surface area contributed by atoms with E-state index in [1.54, 1.807) is 23.7 Å². The van der Waals surface area contributed by atoms with E-state index in [4.69, 9.17) is 11.6 Å². The van der Waals surface area contributed by atoms with Gasteiger partial charge in [0.05, 0.1) is 23.0 Å². The van der Waals surface area contributed by atoms with Crippen LogP contribution in [-0.2, 0) is 6.54 Å². The quantitative estimate of drug-likeness (QED) is 0.343. The first-order valence-corrected chi connectivity index (χ1v) is 12.4. The Morgan fingerprint density at radius 3 is 2.56 bits per heavy atom. The van der Waals surface area contributed by atoms with Gasteiger partial charge in [-0.25, -0.2) is 0 Å². The molecular formula is C24H22BrClN8O2. The van der Waals surface area contributed by atoms with Crippen molar-refractivity contribution in [3.05, 3.63) is 74.5 Å². The summed E-state index contributed by atoms with van der Waals surface area (Å²) in [5.41, 5.74) is 3.26. The lowest BCUT2D eigenvalue weighted by molar-refractivity contribution is 0.0964. The van der Waals surface area contributed by atoms with E-state index in [1.165, 1.54) is 17.9 Å². The molecule has 2 aromatic carbocycles. The highest BCUT2D eigenvalue weighted by molar-refractivity contribution is 9.10. The van der Waals surface area contributed by atoms with Crippen molar-refractivity contribution in [1.82, 2.24) is 35.3 Å². The maximum absolute atomic E-state index is 13.4.